The molecular weight excluding hydrogens is 283 g/mol. The minimum absolute atomic E-state index is 0.218. The molecule has 0 aliphatic heterocycles. The van der Waals surface area contributed by atoms with Crippen molar-refractivity contribution in [3.05, 3.63) is 65.2 Å². The highest BCUT2D eigenvalue weighted by Gasteiger charge is 2.21. The summed E-state index contributed by atoms with van der Waals surface area (Å²) in [6.07, 6.45) is 0. The van der Waals surface area contributed by atoms with E-state index < -0.39 is 7.14 Å². The molecule has 110 valence electrons. The van der Waals surface area contributed by atoms with Crippen LogP contribution in [0.25, 0.3) is 0 Å². The zero-order chi connectivity index (χ0) is 15.9. The summed E-state index contributed by atoms with van der Waals surface area (Å²) < 4.78 is 11.4. The summed E-state index contributed by atoms with van der Waals surface area (Å²) in [7, 11) is -3.39. The van der Waals surface area contributed by atoms with E-state index in [1.54, 1.807) is 18.2 Å². The van der Waals surface area contributed by atoms with Gasteiger partial charge in [0, 0.05) is 5.30 Å². The van der Waals surface area contributed by atoms with Crippen molar-refractivity contribution >= 4 is 24.5 Å². The summed E-state index contributed by atoms with van der Waals surface area (Å²) in [5.74, 6) is 0. The minimum Gasteiger partial charge on any atom is -0.303 e. The van der Waals surface area contributed by atoms with Gasteiger partial charge in [-0.3, -0.25) is 9.59 Å². The van der Waals surface area contributed by atoms with Gasteiger partial charge in [0.2, 0.25) is 7.14 Å². The number of carbonyl (C=O) groups is 2. The van der Waals surface area contributed by atoms with Crippen LogP contribution < -0.4 is 5.30 Å². The fraction of sp³-hybridized carbons (Fsp3) is 0.176. The van der Waals surface area contributed by atoms with E-state index in [0.717, 1.165) is 0 Å². The summed E-state index contributed by atoms with van der Waals surface area (Å²) >= 11 is 0. The molecule has 0 amide bonds. The second-order valence-electron chi connectivity index (χ2n) is 4.92. The molecule has 3 nitrogen and oxygen atoms in total. The summed E-state index contributed by atoms with van der Waals surface area (Å²) in [6.45, 7) is 6.38. The predicted molar refractivity (Wildman–Crippen MR) is 87.8 cm³/mol. The van der Waals surface area contributed by atoms with Gasteiger partial charge in [0.15, 0.2) is 12.1 Å². The summed E-state index contributed by atoms with van der Waals surface area (Å²) in [5.41, 5.74) is 4.06. The second-order valence-corrected chi connectivity index (χ2v) is 7.28. The van der Waals surface area contributed by atoms with Gasteiger partial charge in [-0.1, -0.05) is 65.2 Å². The van der Waals surface area contributed by atoms with Gasteiger partial charge in [-0.05, 0) is 20.8 Å². The van der Waals surface area contributed by atoms with Crippen molar-refractivity contribution in [2.45, 2.75) is 20.8 Å². The van der Waals surface area contributed by atoms with E-state index in [2.05, 4.69) is 39.0 Å². The normalized spacial score (nSPS) is 10.2. The largest absolute Gasteiger partial charge is 0.303 e. The van der Waals surface area contributed by atoms with Crippen molar-refractivity contribution in [1.82, 2.24) is 0 Å². The molecule has 0 N–H and O–H groups in total. The molecular formula is C17H19O3P. The number of hydrogen-bond acceptors (Lipinski definition) is 3. The zero-order valence-corrected chi connectivity index (χ0v) is 13.3. The lowest BCUT2D eigenvalue weighted by Gasteiger charge is -2.01. The third kappa shape index (κ3) is 5.13. The third-order valence-electron chi connectivity index (χ3n) is 2.84. The van der Waals surface area contributed by atoms with E-state index in [1.807, 2.05) is 0 Å². The topological polar surface area (TPSA) is 51.2 Å². The average Bonchev–Trinajstić information content (AvgIpc) is 2.46. The maximum Gasteiger partial charge on any atom is 0.232 e. The van der Waals surface area contributed by atoms with Crippen molar-refractivity contribution < 1.29 is 14.2 Å². The average molecular weight is 302 g/mol. The Morgan fingerprint density at radius 2 is 1.14 bits per heavy atom. The molecule has 0 aromatic heterocycles. The van der Waals surface area contributed by atoms with Crippen molar-refractivity contribution in [3.63, 3.8) is 0 Å². The molecule has 21 heavy (non-hydrogen) atoms. The van der Waals surface area contributed by atoms with Gasteiger partial charge < -0.3 is 4.57 Å². The van der Waals surface area contributed by atoms with Crippen molar-refractivity contribution in [3.8, 4) is 0 Å². The smallest absolute Gasteiger partial charge is 0.232 e. The van der Waals surface area contributed by atoms with Crippen LogP contribution in [0.3, 0.4) is 0 Å². The first kappa shape index (κ1) is 17.1. The minimum atomic E-state index is -3.39. The first-order valence-corrected chi connectivity index (χ1v) is 8.38. The Kier molecular flexibility index (Phi) is 6.26. The van der Waals surface area contributed by atoms with Crippen LogP contribution in [0.1, 0.15) is 16.7 Å². The molecule has 0 aliphatic carbocycles. The summed E-state index contributed by atoms with van der Waals surface area (Å²) in [4.78, 5) is 20.7. The lowest BCUT2D eigenvalue weighted by atomic mass is 10.1. The first-order chi connectivity index (χ1) is 9.91. The molecule has 0 bridgehead atoms. The standard InChI is InChI=1S/C9H12.C8H7O3P/c1-7-4-8(2)6-9(3)5-7;9-6-12(11,7-10)8-4-2-1-3-5-8/h4-6H,1-3H3;1-7H. The Labute approximate surface area is 125 Å². The van der Waals surface area contributed by atoms with Crippen molar-refractivity contribution in [2.24, 2.45) is 0 Å². The van der Waals surface area contributed by atoms with Gasteiger partial charge in [0.1, 0.15) is 0 Å². The SMILES string of the molecule is Cc1cc(C)cc(C)c1.O=CP(=O)(C=O)c1ccccc1. The highest BCUT2D eigenvalue weighted by molar-refractivity contribution is 7.96. The highest BCUT2D eigenvalue weighted by Crippen LogP contribution is 2.36. The van der Waals surface area contributed by atoms with E-state index in [-0.39, 0.29) is 17.4 Å². The number of benzene rings is 2. The monoisotopic (exact) mass is 302 g/mol. The highest BCUT2D eigenvalue weighted by atomic mass is 31.2. The van der Waals surface area contributed by atoms with Gasteiger partial charge in [0.05, 0.1) is 0 Å². The molecule has 2 rings (SSSR count). The molecule has 0 saturated heterocycles. The summed E-state index contributed by atoms with van der Waals surface area (Å²) in [5, 5.41) is 0.287. The van der Waals surface area contributed by atoms with Crippen LogP contribution in [-0.2, 0) is 14.2 Å². The second kappa shape index (κ2) is 7.70. The molecule has 0 atom stereocenters. The van der Waals surface area contributed by atoms with E-state index in [0.29, 0.717) is 0 Å². The summed E-state index contributed by atoms with van der Waals surface area (Å²) in [6, 6.07) is 15.0. The van der Waals surface area contributed by atoms with Crippen LogP contribution in [0.2, 0.25) is 0 Å². The van der Waals surface area contributed by atoms with Gasteiger partial charge in [-0.2, -0.15) is 0 Å². The van der Waals surface area contributed by atoms with E-state index in [1.165, 1.54) is 28.8 Å². The van der Waals surface area contributed by atoms with Crippen LogP contribution >= 0.6 is 7.14 Å². The lowest BCUT2D eigenvalue weighted by molar-refractivity contribution is 0.548. The Bertz CT molecular complexity index is 601. The number of hydrogen-bond donors (Lipinski definition) is 0. The molecule has 0 saturated carbocycles. The van der Waals surface area contributed by atoms with E-state index in [4.69, 9.17) is 0 Å². The molecule has 2 aromatic rings. The number of rotatable bonds is 3. The number of aryl methyl sites for hydroxylation is 3. The number of carbonyl (C=O) groups excluding carboxylic acids is 2. The Hall–Kier alpha value is -1.99. The van der Waals surface area contributed by atoms with Gasteiger partial charge in [-0.15, -0.1) is 0 Å². The maximum atomic E-state index is 11.4. The quantitative estimate of drug-likeness (QED) is 0.642. The van der Waals surface area contributed by atoms with Crippen LogP contribution in [0.5, 0.6) is 0 Å². The van der Waals surface area contributed by atoms with Crippen LogP contribution in [0, 0.1) is 20.8 Å². The molecule has 0 spiro atoms. The van der Waals surface area contributed by atoms with Gasteiger partial charge in [-0.25, -0.2) is 0 Å². The molecule has 0 aliphatic rings. The molecule has 0 radical (unpaired) electrons. The zero-order valence-electron chi connectivity index (χ0n) is 12.4. The van der Waals surface area contributed by atoms with Crippen LogP contribution in [-0.4, -0.2) is 12.1 Å². The van der Waals surface area contributed by atoms with Crippen molar-refractivity contribution in [1.29, 1.82) is 0 Å². The molecule has 4 heteroatoms. The lowest BCUT2D eigenvalue weighted by Crippen LogP contribution is -2.04. The maximum absolute atomic E-state index is 11.4. The fourth-order valence-electron chi connectivity index (χ4n) is 2.01. The molecule has 0 heterocycles. The van der Waals surface area contributed by atoms with Gasteiger partial charge in [0.25, 0.3) is 0 Å². The first-order valence-electron chi connectivity index (χ1n) is 6.54. The van der Waals surface area contributed by atoms with Crippen LogP contribution in [0.4, 0.5) is 0 Å². The predicted octanol–water partition coefficient (Wildman–Crippen LogP) is 3.67. The van der Waals surface area contributed by atoms with E-state index >= 15 is 0 Å². The van der Waals surface area contributed by atoms with Gasteiger partial charge >= 0.3 is 0 Å². The Morgan fingerprint density at radius 1 is 0.762 bits per heavy atom. The van der Waals surface area contributed by atoms with E-state index in [9.17, 15) is 14.2 Å². The Morgan fingerprint density at radius 3 is 1.48 bits per heavy atom. The third-order valence-corrected chi connectivity index (χ3v) is 4.57. The molecule has 0 unspecified atom stereocenters. The fourth-order valence-corrected chi connectivity index (χ4v) is 2.94. The Balaban J connectivity index is 0.000000219. The molecule has 2 aromatic carbocycles. The molecule has 0 fully saturated rings. The van der Waals surface area contributed by atoms with Crippen molar-refractivity contribution in [2.75, 3.05) is 0 Å². The van der Waals surface area contributed by atoms with Crippen LogP contribution in [0.15, 0.2) is 48.5 Å².